The summed E-state index contributed by atoms with van der Waals surface area (Å²) in [5.74, 6) is 1.16. The van der Waals surface area contributed by atoms with Crippen molar-refractivity contribution in [3.05, 3.63) is 0 Å². The third-order valence-corrected chi connectivity index (χ3v) is 3.07. The Balaban J connectivity index is 2.50. The third-order valence-electron chi connectivity index (χ3n) is 2.50. The van der Waals surface area contributed by atoms with E-state index in [1.165, 1.54) is 0 Å². The molecule has 0 bridgehead atoms. The van der Waals surface area contributed by atoms with E-state index in [2.05, 4.69) is 4.72 Å². The fraction of sp³-hybridized carbons (Fsp3) is 1.00. The smallest absolute Gasteiger partial charge is 0.273 e. The normalized spacial score (nSPS) is 35.6. The van der Waals surface area contributed by atoms with Crippen LogP contribution in [0.3, 0.4) is 0 Å². The molecular formula is C7H15NO3S. The Hall–Kier alpha value is -0.130. The molecule has 1 rings (SSSR count). The van der Waals surface area contributed by atoms with Crippen LogP contribution >= 0.6 is 0 Å². The predicted molar refractivity (Wildman–Crippen MR) is 46.0 cm³/mol. The standard InChI is InChI=1S/C7H15NO3S/c1-4(2)6-5(3)7(6)8-12(9,10)11/h4-8H,1-3H3,(H,9,10,11). The fourth-order valence-corrected chi connectivity index (χ4v) is 2.59. The summed E-state index contributed by atoms with van der Waals surface area (Å²) >= 11 is 0. The van der Waals surface area contributed by atoms with Crippen LogP contribution in [0.15, 0.2) is 0 Å². The molecule has 5 heteroatoms. The Morgan fingerprint density at radius 3 is 2.17 bits per heavy atom. The summed E-state index contributed by atoms with van der Waals surface area (Å²) in [5, 5.41) is 0. The van der Waals surface area contributed by atoms with Gasteiger partial charge in [0.05, 0.1) is 0 Å². The molecule has 3 unspecified atom stereocenters. The van der Waals surface area contributed by atoms with Crippen LogP contribution < -0.4 is 4.72 Å². The molecule has 0 aromatic heterocycles. The van der Waals surface area contributed by atoms with Gasteiger partial charge in [-0.05, 0) is 17.8 Å². The highest BCUT2D eigenvalue weighted by Crippen LogP contribution is 2.44. The van der Waals surface area contributed by atoms with Crippen molar-refractivity contribution in [2.75, 3.05) is 0 Å². The van der Waals surface area contributed by atoms with Crippen molar-refractivity contribution in [1.82, 2.24) is 4.72 Å². The minimum absolute atomic E-state index is 0.0694. The second-order valence-electron chi connectivity index (χ2n) is 3.80. The molecule has 0 amide bonds. The quantitative estimate of drug-likeness (QED) is 0.647. The number of rotatable bonds is 3. The van der Waals surface area contributed by atoms with Gasteiger partial charge in [-0.1, -0.05) is 20.8 Å². The van der Waals surface area contributed by atoms with Gasteiger partial charge in [-0.3, -0.25) is 4.55 Å². The van der Waals surface area contributed by atoms with Gasteiger partial charge >= 0.3 is 10.3 Å². The first-order chi connectivity index (χ1) is 5.33. The summed E-state index contributed by atoms with van der Waals surface area (Å²) in [5.41, 5.74) is 0. The van der Waals surface area contributed by atoms with Gasteiger partial charge < -0.3 is 0 Å². The molecular weight excluding hydrogens is 178 g/mol. The van der Waals surface area contributed by atoms with Gasteiger partial charge in [0.1, 0.15) is 0 Å². The fourth-order valence-electron chi connectivity index (χ4n) is 1.87. The minimum atomic E-state index is -4.01. The zero-order chi connectivity index (χ0) is 9.52. The highest BCUT2D eigenvalue weighted by atomic mass is 32.2. The Labute approximate surface area is 73.2 Å². The van der Waals surface area contributed by atoms with Crippen molar-refractivity contribution in [2.24, 2.45) is 17.8 Å². The van der Waals surface area contributed by atoms with E-state index >= 15 is 0 Å². The van der Waals surface area contributed by atoms with Crippen LogP contribution in [0.4, 0.5) is 0 Å². The largest absolute Gasteiger partial charge is 0.333 e. The van der Waals surface area contributed by atoms with Crippen molar-refractivity contribution in [3.63, 3.8) is 0 Å². The van der Waals surface area contributed by atoms with Crippen LogP contribution in [-0.2, 0) is 10.3 Å². The molecule has 0 aromatic carbocycles. The molecule has 4 nitrogen and oxygen atoms in total. The molecule has 2 N–H and O–H groups in total. The lowest BCUT2D eigenvalue weighted by Crippen LogP contribution is -2.27. The molecule has 12 heavy (non-hydrogen) atoms. The maximum absolute atomic E-state index is 10.4. The summed E-state index contributed by atoms with van der Waals surface area (Å²) in [6, 6.07) is -0.0694. The second kappa shape index (κ2) is 2.97. The number of hydrogen-bond acceptors (Lipinski definition) is 2. The first-order valence-corrected chi connectivity index (χ1v) is 5.51. The molecule has 0 radical (unpaired) electrons. The summed E-state index contributed by atoms with van der Waals surface area (Å²) in [6.07, 6.45) is 0. The predicted octanol–water partition coefficient (Wildman–Crippen LogP) is 0.669. The third kappa shape index (κ3) is 2.18. The Kier molecular flexibility index (Phi) is 2.47. The molecule has 1 aliphatic carbocycles. The average molecular weight is 193 g/mol. The van der Waals surface area contributed by atoms with Crippen LogP contribution in [0.25, 0.3) is 0 Å². The lowest BCUT2D eigenvalue weighted by Gasteiger charge is -2.02. The molecule has 3 atom stereocenters. The van der Waals surface area contributed by atoms with Crippen LogP contribution in [0.1, 0.15) is 20.8 Å². The van der Waals surface area contributed by atoms with Crippen molar-refractivity contribution in [3.8, 4) is 0 Å². The minimum Gasteiger partial charge on any atom is -0.273 e. The van der Waals surface area contributed by atoms with E-state index in [4.69, 9.17) is 4.55 Å². The highest BCUT2D eigenvalue weighted by Gasteiger charge is 2.49. The molecule has 0 spiro atoms. The van der Waals surface area contributed by atoms with Crippen molar-refractivity contribution in [1.29, 1.82) is 0 Å². The van der Waals surface area contributed by atoms with Gasteiger partial charge in [-0.25, -0.2) is 0 Å². The van der Waals surface area contributed by atoms with Gasteiger partial charge in [0.2, 0.25) is 0 Å². The van der Waals surface area contributed by atoms with E-state index in [9.17, 15) is 8.42 Å². The van der Waals surface area contributed by atoms with Crippen LogP contribution in [-0.4, -0.2) is 19.0 Å². The molecule has 0 heterocycles. The van der Waals surface area contributed by atoms with Gasteiger partial charge in [0, 0.05) is 6.04 Å². The first kappa shape index (κ1) is 9.95. The lowest BCUT2D eigenvalue weighted by atomic mass is 10.1. The zero-order valence-electron chi connectivity index (χ0n) is 7.48. The summed E-state index contributed by atoms with van der Waals surface area (Å²) in [6.45, 7) is 6.08. The summed E-state index contributed by atoms with van der Waals surface area (Å²) in [4.78, 5) is 0. The zero-order valence-corrected chi connectivity index (χ0v) is 8.30. The maximum atomic E-state index is 10.4. The molecule has 0 aliphatic heterocycles. The van der Waals surface area contributed by atoms with Gasteiger partial charge in [-0.15, -0.1) is 0 Å². The number of nitrogens with one attached hydrogen (secondary N) is 1. The van der Waals surface area contributed by atoms with E-state index in [1.807, 2.05) is 20.8 Å². The van der Waals surface area contributed by atoms with Crippen LogP contribution in [0.2, 0.25) is 0 Å². The van der Waals surface area contributed by atoms with Crippen molar-refractivity contribution < 1.29 is 13.0 Å². The summed E-state index contributed by atoms with van der Waals surface area (Å²) in [7, 11) is -4.01. The topological polar surface area (TPSA) is 66.4 Å². The van der Waals surface area contributed by atoms with Gasteiger partial charge in [0.25, 0.3) is 0 Å². The Morgan fingerprint density at radius 2 is 1.92 bits per heavy atom. The van der Waals surface area contributed by atoms with Crippen molar-refractivity contribution in [2.45, 2.75) is 26.8 Å². The van der Waals surface area contributed by atoms with Crippen LogP contribution in [0, 0.1) is 17.8 Å². The van der Waals surface area contributed by atoms with Gasteiger partial charge in [-0.2, -0.15) is 13.1 Å². The molecule has 0 aromatic rings. The van der Waals surface area contributed by atoms with E-state index in [0.29, 0.717) is 17.8 Å². The van der Waals surface area contributed by atoms with Crippen molar-refractivity contribution >= 4 is 10.3 Å². The monoisotopic (exact) mass is 193 g/mol. The van der Waals surface area contributed by atoms with Crippen LogP contribution in [0.5, 0.6) is 0 Å². The Bertz CT molecular complexity index is 260. The van der Waals surface area contributed by atoms with E-state index in [0.717, 1.165) is 0 Å². The molecule has 1 aliphatic rings. The molecule has 0 saturated heterocycles. The summed E-state index contributed by atoms with van der Waals surface area (Å²) < 4.78 is 31.6. The lowest BCUT2D eigenvalue weighted by molar-refractivity contribution is 0.458. The van der Waals surface area contributed by atoms with E-state index < -0.39 is 10.3 Å². The second-order valence-corrected chi connectivity index (χ2v) is 4.99. The first-order valence-electron chi connectivity index (χ1n) is 4.07. The van der Waals surface area contributed by atoms with E-state index in [-0.39, 0.29) is 6.04 Å². The van der Waals surface area contributed by atoms with Gasteiger partial charge in [0.15, 0.2) is 0 Å². The number of hydrogen-bond donors (Lipinski definition) is 2. The molecule has 1 saturated carbocycles. The molecule has 1 fully saturated rings. The maximum Gasteiger partial charge on any atom is 0.333 e. The van der Waals surface area contributed by atoms with E-state index in [1.54, 1.807) is 0 Å². The SMILES string of the molecule is CC(C)C1C(C)C1NS(=O)(=O)O. The Morgan fingerprint density at radius 1 is 1.42 bits per heavy atom. The average Bonchev–Trinajstić information content (AvgIpc) is 2.37. The highest BCUT2D eigenvalue weighted by molar-refractivity contribution is 7.83. The molecule has 72 valence electrons.